The second kappa shape index (κ2) is 10.2. The molecule has 0 radical (unpaired) electrons. The van der Waals surface area contributed by atoms with Gasteiger partial charge in [-0.05, 0) is 18.6 Å². The Kier molecular flexibility index (Phi) is 8.53. The SMILES string of the molecule is COCCCN(CCOC)Cc1cccc(C(=O)NN)n1. The summed E-state index contributed by atoms with van der Waals surface area (Å²) < 4.78 is 10.2. The second-order valence-corrected chi connectivity index (χ2v) is 4.60. The van der Waals surface area contributed by atoms with E-state index in [0.717, 1.165) is 25.2 Å². The number of amides is 1. The van der Waals surface area contributed by atoms with Crippen molar-refractivity contribution in [3.05, 3.63) is 29.6 Å². The minimum Gasteiger partial charge on any atom is -0.385 e. The molecule has 0 saturated carbocycles. The molecule has 21 heavy (non-hydrogen) atoms. The smallest absolute Gasteiger partial charge is 0.283 e. The molecule has 0 aromatic carbocycles. The van der Waals surface area contributed by atoms with Crippen molar-refractivity contribution in [1.82, 2.24) is 15.3 Å². The van der Waals surface area contributed by atoms with E-state index in [4.69, 9.17) is 15.3 Å². The van der Waals surface area contributed by atoms with Crippen molar-refractivity contribution < 1.29 is 14.3 Å². The molecular weight excluding hydrogens is 272 g/mol. The number of nitrogens with two attached hydrogens (primary N) is 1. The summed E-state index contributed by atoms with van der Waals surface area (Å²) in [5.74, 6) is 4.73. The number of carbonyl (C=O) groups excluding carboxylic acids is 1. The van der Waals surface area contributed by atoms with E-state index in [-0.39, 0.29) is 5.91 Å². The van der Waals surface area contributed by atoms with Gasteiger partial charge >= 0.3 is 0 Å². The number of hydrogen-bond acceptors (Lipinski definition) is 6. The molecule has 1 heterocycles. The minimum absolute atomic E-state index is 0.318. The van der Waals surface area contributed by atoms with E-state index in [9.17, 15) is 4.79 Å². The fourth-order valence-corrected chi connectivity index (χ4v) is 1.92. The summed E-state index contributed by atoms with van der Waals surface area (Å²) in [7, 11) is 3.37. The van der Waals surface area contributed by atoms with Gasteiger partial charge in [-0.15, -0.1) is 0 Å². The first-order valence-electron chi connectivity index (χ1n) is 6.88. The highest BCUT2D eigenvalue weighted by Crippen LogP contribution is 2.05. The number of rotatable bonds is 10. The summed E-state index contributed by atoms with van der Waals surface area (Å²) in [6.45, 7) is 3.70. The van der Waals surface area contributed by atoms with Gasteiger partial charge in [-0.3, -0.25) is 15.1 Å². The number of carbonyl (C=O) groups is 1. The molecule has 0 aliphatic rings. The van der Waals surface area contributed by atoms with Crippen LogP contribution in [0.1, 0.15) is 22.6 Å². The van der Waals surface area contributed by atoms with Crippen LogP contribution in [0.4, 0.5) is 0 Å². The maximum absolute atomic E-state index is 11.5. The number of nitrogens with zero attached hydrogens (tertiary/aromatic N) is 2. The monoisotopic (exact) mass is 296 g/mol. The average molecular weight is 296 g/mol. The molecule has 1 aromatic rings. The summed E-state index contributed by atoms with van der Waals surface area (Å²) in [5, 5.41) is 0. The van der Waals surface area contributed by atoms with Gasteiger partial charge in [0.1, 0.15) is 5.69 Å². The van der Waals surface area contributed by atoms with E-state index in [1.165, 1.54) is 0 Å². The number of aromatic nitrogens is 1. The molecule has 0 aliphatic carbocycles. The summed E-state index contributed by atoms with van der Waals surface area (Å²) in [6.07, 6.45) is 0.934. The molecule has 0 saturated heterocycles. The number of hydrazine groups is 1. The van der Waals surface area contributed by atoms with Gasteiger partial charge in [0, 0.05) is 40.5 Å². The predicted octanol–water partition coefficient (Wildman–Crippen LogP) is 0.170. The quantitative estimate of drug-likeness (QED) is 0.277. The van der Waals surface area contributed by atoms with Crippen molar-refractivity contribution in [3.63, 3.8) is 0 Å². The molecule has 7 nitrogen and oxygen atoms in total. The zero-order valence-electron chi connectivity index (χ0n) is 12.7. The third kappa shape index (κ3) is 6.63. The van der Waals surface area contributed by atoms with E-state index in [2.05, 4.69) is 15.3 Å². The Balaban J connectivity index is 2.65. The topological polar surface area (TPSA) is 89.7 Å². The van der Waals surface area contributed by atoms with Crippen molar-refractivity contribution in [3.8, 4) is 0 Å². The zero-order valence-corrected chi connectivity index (χ0v) is 12.7. The van der Waals surface area contributed by atoms with Crippen molar-refractivity contribution in [2.75, 3.05) is 40.5 Å². The Morgan fingerprint density at radius 2 is 2.05 bits per heavy atom. The molecule has 3 N–H and O–H groups in total. The lowest BCUT2D eigenvalue weighted by Crippen LogP contribution is -2.32. The summed E-state index contributed by atoms with van der Waals surface area (Å²) in [6, 6.07) is 5.33. The first-order valence-corrected chi connectivity index (χ1v) is 6.88. The van der Waals surface area contributed by atoms with Crippen molar-refractivity contribution in [2.45, 2.75) is 13.0 Å². The second-order valence-electron chi connectivity index (χ2n) is 4.60. The molecular formula is C14H24N4O3. The number of pyridine rings is 1. The Morgan fingerprint density at radius 3 is 2.71 bits per heavy atom. The average Bonchev–Trinajstić information content (AvgIpc) is 2.52. The first-order chi connectivity index (χ1) is 10.2. The molecule has 7 heteroatoms. The number of ether oxygens (including phenoxy) is 2. The Bertz CT molecular complexity index is 428. The van der Waals surface area contributed by atoms with Crippen LogP contribution in [0, 0.1) is 0 Å². The molecule has 0 unspecified atom stereocenters. The highest BCUT2D eigenvalue weighted by molar-refractivity contribution is 5.91. The van der Waals surface area contributed by atoms with Crippen molar-refractivity contribution >= 4 is 5.91 Å². The largest absolute Gasteiger partial charge is 0.385 e. The molecule has 0 aliphatic heterocycles. The lowest BCUT2D eigenvalue weighted by Gasteiger charge is -2.21. The molecule has 118 valence electrons. The van der Waals surface area contributed by atoms with Gasteiger partial charge < -0.3 is 9.47 Å². The normalized spacial score (nSPS) is 10.9. The molecule has 0 bridgehead atoms. The van der Waals surface area contributed by atoms with E-state index >= 15 is 0 Å². The van der Waals surface area contributed by atoms with Gasteiger partial charge in [-0.1, -0.05) is 6.07 Å². The van der Waals surface area contributed by atoms with Gasteiger partial charge in [0.25, 0.3) is 5.91 Å². The first kappa shape index (κ1) is 17.5. The molecule has 0 fully saturated rings. The highest BCUT2D eigenvalue weighted by Gasteiger charge is 2.10. The van der Waals surface area contributed by atoms with Crippen LogP contribution in [0.3, 0.4) is 0 Å². The van der Waals surface area contributed by atoms with E-state index in [0.29, 0.717) is 25.5 Å². The van der Waals surface area contributed by atoms with Gasteiger partial charge in [-0.2, -0.15) is 0 Å². The molecule has 0 atom stereocenters. The summed E-state index contributed by atoms with van der Waals surface area (Å²) in [4.78, 5) is 18.0. The predicted molar refractivity (Wildman–Crippen MR) is 79.5 cm³/mol. The highest BCUT2D eigenvalue weighted by atomic mass is 16.5. The molecule has 0 spiro atoms. The van der Waals surface area contributed by atoms with Crippen LogP contribution in [0.5, 0.6) is 0 Å². The summed E-state index contributed by atoms with van der Waals surface area (Å²) in [5.41, 5.74) is 3.23. The molecule has 1 rings (SSSR count). The van der Waals surface area contributed by atoms with Crippen LogP contribution >= 0.6 is 0 Å². The van der Waals surface area contributed by atoms with Crippen LogP contribution in [0.15, 0.2) is 18.2 Å². The maximum Gasteiger partial charge on any atom is 0.283 e. The van der Waals surface area contributed by atoms with E-state index in [1.54, 1.807) is 26.4 Å². The number of methoxy groups -OCH3 is 2. The lowest BCUT2D eigenvalue weighted by molar-refractivity contribution is 0.0947. The third-order valence-electron chi connectivity index (χ3n) is 2.99. The van der Waals surface area contributed by atoms with Gasteiger partial charge in [-0.25, -0.2) is 10.8 Å². The minimum atomic E-state index is -0.389. The van der Waals surface area contributed by atoms with Gasteiger partial charge in [0.05, 0.1) is 12.3 Å². The fourth-order valence-electron chi connectivity index (χ4n) is 1.92. The van der Waals surface area contributed by atoms with E-state index in [1.807, 2.05) is 6.07 Å². The summed E-state index contributed by atoms with van der Waals surface area (Å²) >= 11 is 0. The number of nitrogens with one attached hydrogen (secondary N) is 1. The maximum atomic E-state index is 11.5. The van der Waals surface area contributed by atoms with E-state index < -0.39 is 0 Å². The lowest BCUT2D eigenvalue weighted by atomic mass is 10.2. The zero-order chi connectivity index (χ0) is 15.5. The number of hydrogen-bond donors (Lipinski definition) is 2. The fraction of sp³-hybridized carbons (Fsp3) is 0.571. The van der Waals surface area contributed by atoms with Crippen LogP contribution in [-0.4, -0.2) is 56.3 Å². The van der Waals surface area contributed by atoms with Gasteiger partial charge in [0.2, 0.25) is 0 Å². The van der Waals surface area contributed by atoms with Crippen LogP contribution < -0.4 is 11.3 Å². The van der Waals surface area contributed by atoms with Gasteiger partial charge in [0.15, 0.2) is 0 Å². The third-order valence-corrected chi connectivity index (χ3v) is 2.99. The van der Waals surface area contributed by atoms with Crippen LogP contribution in [0.2, 0.25) is 0 Å². The Labute approximate surface area is 125 Å². The van der Waals surface area contributed by atoms with Crippen molar-refractivity contribution in [1.29, 1.82) is 0 Å². The Morgan fingerprint density at radius 1 is 1.29 bits per heavy atom. The molecule has 1 amide bonds. The standard InChI is InChI=1S/C14H24N4O3/c1-20-9-4-7-18(8-10-21-2)11-12-5-3-6-13(16-12)14(19)17-15/h3,5-6H,4,7-11,15H2,1-2H3,(H,17,19). The van der Waals surface area contributed by atoms with Crippen LogP contribution in [0.25, 0.3) is 0 Å². The number of nitrogen functional groups attached to an aromatic ring is 1. The van der Waals surface area contributed by atoms with Crippen LogP contribution in [-0.2, 0) is 16.0 Å². The molecule has 1 aromatic heterocycles. The Hall–Kier alpha value is -1.54. The van der Waals surface area contributed by atoms with Crippen molar-refractivity contribution in [2.24, 2.45) is 5.84 Å².